The van der Waals surface area contributed by atoms with Gasteiger partial charge in [0.05, 0.1) is 19.7 Å². The number of nitrogens with zero attached hydrogens (tertiary/aromatic N) is 2. The Morgan fingerprint density at radius 3 is 1.66 bits per heavy atom. The lowest BCUT2D eigenvalue weighted by Gasteiger charge is -2.35. The third kappa shape index (κ3) is 9.62. The largest absolute Gasteiger partial charge is 0.394 e. The molecular formula is C28H38N2O8. The van der Waals surface area contributed by atoms with Gasteiger partial charge in [0.15, 0.2) is 12.4 Å². The van der Waals surface area contributed by atoms with E-state index in [0.29, 0.717) is 19.1 Å². The topological polar surface area (TPSA) is 137 Å². The summed E-state index contributed by atoms with van der Waals surface area (Å²) >= 11 is 0. The number of carbonyl (C=O) groups is 3. The van der Waals surface area contributed by atoms with E-state index in [1.165, 1.54) is 0 Å². The number of rotatable bonds is 17. The highest BCUT2D eigenvalue weighted by Gasteiger charge is 2.39. The van der Waals surface area contributed by atoms with Crippen molar-refractivity contribution in [3.8, 4) is 0 Å². The van der Waals surface area contributed by atoms with E-state index in [2.05, 4.69) is 0 Å². The molecule has 0 spiro atoms. The fourth-order valence-electron chi connectivity index (χ4n) is 3.64. The van der Waals surface area contributed by atoms with Gasteiger partial charge in [0, 0.05) is 12.8 Å². The molecular weight excluding hydrogens is 492 g/mol. The molecule has 0 bridgehead atoms. The summed E-state index contributed by atoms with van der Waals surface area (Å²) in [6.45, 7) is 2.81. The maximum Gasteiger partial charge on any atom is 0.246 e. The molecule has 2 amide bonds. The van der Waals surface area contributed by atoms with Gasteiger partial charge in [0.2, 0.25) is 11.8 Å². The number of hydroxylamine groups is 4. The minimum absolute atomic E-state index is 0.00775. The predicted octanol–water partition coefficient (Wildman–Crippen LogP) is 2.16. The van der Waals surface area contributed by atoms with Crippen LogP contribution in [-0.2, 0) is 37.1 Å². The van der Waals surface area contributed by atoms with E-state index < -0.39 is 42.8 Å². The molecule has 0 aliphatic rings. The molecule has 10 nitrogen and oxygen atoms in total. The van der Waals surface area contributed by atoms with Crippen LogP contribution in [0.25, 0.3) is 0 Å². The first-order valence-electron chi connectivity index (χ1n) is 12.8. The van der Waals surface area contributed by atoms with Gasteiger partial charge in [-0.2, -0.15) is 0 Å². The molecule has 0 fully saturated rings. The highest BCUT2D eigenvalue weighted by Crippen LogP contribution is 2.20. The second-order valence-corrected chi connectivity index (χ2v) is 8.85. The lowest BCUT2D eigenvalue weighted by atomic mass is 10.0. The summed E-state index contributed by atoms with van der Waals surface area (Å²) in [4.78, 5) is 49.7. The maximum absolute atomic E-state index is 12.9. The second kappa shape index (κ2) is 16.6. The predicted molar refractivity (Wildman–Crippen MR) is 139 cm³/mol. The van der Waals surface area contributed by atoms with Crippen LogP contribution in [0.15, 0.2) is 60.7 Å². The number of aldehydes is 1. The average Bonchev–Trinajstić information content (AvgIpc) is 2.94. The van der Waals surface area contributed by atoms with Crippen molar-refractivity contribution < 1.29 is 39.4 Å². The van der Waals surface area contributed by atoms with Crippen LogP contribution < -0.4 is 0 Å². The summed E-state index contributed by atoms with van der Waals surface area (Å²) in [5, 5.41) is 32.5. The quantitative estimate of drug-likeness (QED) is 0.209. The smallest absolute Gasteiger partial charge is 0.246 e. The van der Waals surface area contributed by atoms with Gasteiger partial charge in [-0.15, -0.1) is 0 Å². The molecule has 0 aliphatic heterocycles. The van der Waals surface area contributed by atoms with E-state index in [1.807, 2.05) is 26.0 Å². The Morgan fingerprint density at radius 2 is 1.26 bits per heavy atom. The van der Waals surface area contributed by atoms with Crippen molar-refractivity contribution in [3.63, 3.8) is 0 Å². The van der Waals surface area contributed by atoms with E-state index in [9.17, 15) is 29.7 Å². The number of aliphatic hydroxyl groups excluding tert-OH is 3. The van der Waals surface area contributed by atoms with Crippen LogP contribution in [0.1, 0.15) is 50.7 Å². The zero-order valence-corrected chi connectivity index (χ0v) is 21.9. The van der Waals surface area contributed by atoms with E-state index in [-0.39, 0.29) is 25.9 Å². The van der Waals surface area contributed by atoms with Crippen molar-refractivity contribution in [1.29, 1.82) is 0 Å². The number of benzene rings is 2. The Morgan fingerprint density at radius 1 is 0.816 bits per heavy atom. The molecule has 38 heavy (non-hydrogen) atoms. The van der Waals surface area contributed by atoms with Crippen LogP contribution in [0, 0.1) is 0 Å². The summed E-state index contributed by atoms with van der Waals surface area (Å²) in [5.74, 6) is -0.817. The van der Waals surface area contributed by atoms with Gasteiger partial charge in [-0.05, 0) is 24.0 Å². The summed E-state index contributed by atoms with van der Waals surface area (Å²) in [7, 11) is 0. The highest BCUT2D eigenvalue weighted by atomic mass is 16.7. The van der Waals surface area contributed by atoms with Gasteiger partial charge >= 0.3 is 0 Å². The average molecular weight is 531 g/mol. The second-order valence-electron chi connectivity index (χ2n) is 8.85. The molecule has 0 unspecified atom stereocenters. The summed E-state index contributed by atoms with van der Waals surface area (Å²) in [5.41, 5.74) is 1.46. The minimum atomic E-state index is -1.83. The van der Waals surface area contributed by atoms with Gasteiger partial charge in [-0.25, -0.2) is 10.1 Å². The van der Waals surface area contributed by atoms with Crippen LogP contribution in [0.5, 0.6) is 0 Å². The lowest BCUT2D eigenvalue weighted by Crippen LogP contribution is -2.54. The maximum atomic E-state index is 12.9. The molecule has 0 heterocycles. The third-order valence-electron chi connectivity index (χ3n) is 5.70. The first-order chi connectivity index (χ1) is 18.3. The summed E-state index contributed by atoms with van der Waals surface area (Å²) in [6, 6.07) is 17.9. The van der Waals surface area contributed by atoms with E-state index in [0.717, 1.165) is 21.3 Å². The Labute approximate surface area is 223 Å². The van der Waals surface area contributed by atoms with Crippen molar-refractivity contribution in [2.75, 3.05) is 6.61 Å². The van der Waals surface area contributed by atoms with Crippen LogP contribution >= 0.6 is 0 Å². The van der Waals surface area contributed by atoms with Crippen LogP contribution in [0.4, 0.5) is 0 Å². The first kappa shape index (κ1) is 31.1. The molecule has 10 heteroatoms. The van der Waals surface area contributed by atoms with Gasteiger partial charge in [0.1, 0.15) is 18.3 Å². The van der Waals surface area contributed by atoms with Gasteiger partial charge in [0.25, 0.3) is 0 Å². The third-order valence-corrected chi connectivity index (χ3v) is 5.70. The normalized spacial score (nSPS) is 14.2. The molecule has 2 aromatic rings. The Hall–Kier alpha value is -3.15. The zero-order chi connectivity index (χ0) is 27.9. The zero-order valence-electron chi connectivity index (χ0n) is 21.9. The van der Waals surface area contributed by atoms with E-state index in [4.69, 9.17) is 9.68 Å². The van der Waals surface area contributed by atoms with Gasteiger partial charge < -0.3 is 20.1 Å². The fraction of sp³-hybridized carbons (Fsp3) is 0.464. The molecule has 3 N–H and O–H groups in total. The Kier molecular flexibility index (Phi) is 13.6. The van der Waals surface area contributed by atoms with E-state index >= 15 is 0 Å². The highest BCUT2D eigenvalue weighted by molar-refractivity contribution is 5.75. The van der Waals surface area contributed by atoms with Gasteiger partial charge in [-0.1, -0.05) is 74.5 Å². The summed E-state index contributed by atoms with van der Waals surface area (Å²) < 4.78 is 0. The molecule has 0 radical (unpaired) electrons. The number of amides is 2. The number of hydrogen-bond donors (Lipinski definition) is 3. The molecule has 0 saturated heterocycles. The van der Waals surface area contributed by atoms with Crippen LogP contribution in [0.3, 0.4) is 0 Å². The van der Waals surface area contributed by atoms with Crippen LogP contribution in [-0.4, -0.2) is 74.6 Å². The number of aliphatic hydroxyl groups is 3. The molecule has 0 aliphatic carbocycles. The van der Waals surface area contributed by atoms with Crippen molar-refractivity contribution >= 4 is 18.1 Å². The molecule has 0 aromatic heterocycles. The molecule has 4 atom stereocenters. The molecule has 2 rings (SSSR count). The fourth-order valence-corrected chi connectivity index (χ4v) is 3.64. The number of hydrogen-bond acceptors (Lipinski definition) is 8. The van der Waals surface area contributed by atoms with Crippen molar-refractivity contribution in [2.24, 2.45) is 0 Å². The molecule has 208 valence electrons. The van der Waals surface area contributed by atoms with Crippen molar-refractivity contribution in [2.45, 2.75) is 77.0 Å². The monoisotopic (exact) mass is 530 g/mol. The Bertz CT molecular complexity index is 975. The Balaban J connectivity index is 2.39. The lowest BCUT2D eigenvalue weighted by molar-refractivity contribution is -0.284. The first-order valence-corrected chi connectivity index (χ1v) is 12.8. The van der Waals surface area contributed by atoms with Gasteiger partial charge in [-0.3, -0.25) is 19.3 Å². The van der Waals surface area contributed by atoms with Crippen molar-refractivity contribution in [3.05, 3.63) is 71.8 Å². The SMILES string of the molecule is CCCC(=O)N(Cc1ccccc1)O[C@@H]([C@H](O)[C@H](O)CO)[C@H](C=O)ON(Cc1ccccc1)C(=O)CCC. The van der Waals surface area contributed by atoms with Crippen molar-refractivity contribution in [1.82, 2.24) is 10.1 Å². The minimum Gasteiger partial charge on any atom is -0.394 e. The van der Waals surface area contributed by atoms with Crippen LogP contribution in [0.2, 0.25) is 0 Å². The number of carbonyl (C=O) groups excluding carboxylic acids is 3. The standard InChI is InChI=1S/C28H38N2O8/c1-3-11-25(34)29(17-21-13-7-5-8-14-21)37-24(20-32)28(27(36)23(33)19-31)38-30(26(35)12-4-2)18-22-15-9-6-10-16-22/h5-10,13-16,20,23-24,27-28,31,33,36H,3-4,11-12,17-19H2,1-2H3/t23-,24+,27-,28-/m1/s1. The summed E-state index contributed by atoms with van der Waals surface area (Å²) in [6.07, 6.45) is -5.13. The van der Waals surface area contributed by atoms with E-state index in [1.54, 1.807) is 48.5 Å². The molecule has 0 saturated carbocycles. The molecule has 2 aromatic carbocycles.